The van der Waals surface area contributed by atoms with Gasteiger partial charge in [-0.25, -0.2) is 0 Å². The van der Waals surface area contributed by atoms with Crippen molar-refractivity contribution in [2.45, 2.75) is 70.6 Å². The van der Waals surface area contributed by atoms with Gasteiger partial charge < -0.3 is 15.0 Å². The maximum Gasteiger partial charge on any atom is 0.249 e. The van der Waals surface area contributed by atoms with Crippen molar-refractivity contribution < 1.29 is 14.3 Å². The van der Waals surface area contributed by atoms with Gasteiger partial charge in [0.05, 0.1) is 6.10 Å². The molecule has 1 saturated carbocycles. The molecular formula is C16H28N2O3. The first kappa shape index (κ1) is 16.3. The molecule has 21 heavy (non-hydrogen) atoms. The van der Waals surface area contributed by atoms with E-state index in [4.69, 9.17) is 4.74 Å². The number of amides is 2. The molecule has 5 heteroatoms. The predicted molar refractivity (Wildman–Crippen MR) is 80.8 cm³/mol. The van der Waals surface area contributed by atoms with Crippen LogP contribution in [0.5, 0.6) is 0 Å². The maximum atomic E-state index is 13.1. The van der Waals surface area contributed by atoms with E-state index >= 15 is 0 Å². The SMILES string of the molecule is CCC1(CC)NC(=O)C(C)(C2CC2)N(CC(C)OC)C1=O. The minimum absolute atomic E-state index is 0.00315. The molecule has 0 bridgehead atoms. The molecular weight excluding hydrogens is 268 g/mol. The third-order valence-electron chi connectivity index (χ3n) is 5.45. The van der Waals surface area contributed by atoms with Crippen LogP contribution in [0.15, 0.2) is 0 Å². The number of carbonyl (C=O) groups is 2. The monoisotopic (exact) mass is 296 g/mol. The Morgan fingerprint density at radius 1 is 1.33 bits per heavy atom. The highest BCUT2D eigenvalue weighted by atomic mass is 16.5. The second-order valence-corrected chi connectivity index (χ2v) is 6.63. The molecule has 2 unspecified atom stereocenters. The lowest BCUT2D eigenvalue weighted by Gasteiger charge is -2.52. The summed E-state index contributed by atoms with van der Waals surface area (Å²) in [4.78, 5) is 27.7. The topological polar surface area (TPSA) is 58.6 Å². The van der Waals surface area contributed by atoms with E-state index < -0.39 is 11.1 Å². The van der Waals surface area contributed by atoms with Crippen LogP contribution in [-0.2, 0) is 14.3 Å². The van der Waals surface area contributed by atoms with Crippen LogP contribution < -0.4 is 5.32 Å². The molecule has 1 N–H and O–H groups in total. The molecule has 0 aromatic heterocycles. The fourth-order valence-electron chi connectivity index (χ4n) is 3.37. The van der Waals surface area contributed by atoms with Crippen LogP contribution >= 0.6 is 0 Å². The van der Waals surface area contributed by atoms with Crippen LogP contribution in [0, 0.1) is 5.92 Å². The highest BCUT2D eigenvalue weighted by Gasteiger charge is 2.60. The molecule has 1 aliphatic carbocycles. The van der Waals surface area contributed by atoms with Gasteiger partial charge >= 0.3 is 0 Å². The van der Waals surface area contributed by atoms with Crippen LogP contribution in [0.1, 0.15) is 53.4 Å². The predicted octanol–water partition coefficient (Wildman–Crippen LogP) is 1.71. The Kier molecular flexibility index (Phi) is 4.34. The van der Waals surface area contributed by atoms with Crippen molar-refractivity contribution in [3.63, 3.8) is 0 Å². The number of nitrogens with one attached hydrogen (secondary N) is 1. The van der Waals surface area contributed by atoms with Gasteiger partial charge in [0.15, 0.2) is 0 Å². The highest BCUT2D eigenvalue weighted by Crippen LogP contribution is 2.46. The highest BCUT2D eigenvalue weighted by molar-refractivity contribution is 6.02. The Balaban J connectivity index is 2.39. The Hall–Kier alpha value is -1.10. The van der Waals surface area contributed by atoms with Crippen molar-refractivity contribution in [2.75, 3.05) is 13.7 Å². The van der Waals surface area contributed by atoms with Crippen LogP contribution in [0.3, 0.4) is 0 Å². The molecule has 2 aliphatic rings. The van der Waals surface area contributed by atoms with Gasteiger partial charge in [0.25, 0.3) is 0 Å². The number of methoxy groups -OCH3 is 1. The van der Waals surface area contributed by atoms with E-state index in [2.05, 4.69) is 5.32 Å². The van der Waals surface area contributed by atoms with Crippen LogP contribution in [0.2, 0.25) is 0 Å². The second kappa shape index (κ2) is 5.59. The van der Waals surface area contributed by atoms with E-state index in [1.54, 1.807) is 12.0 Å². The molecule has 0 radical (unpaired) electrons. The summed E-state index contributed by atoms with van der Waals surface area (Å²) in [7, 11) is 1.64. The standard InChI is InChI=1S/C16H28N2O3/c1-6-16(7-2)14(20)18(10-11(3)21-5)15(4,12-8-9-12)13(19)17-16/h11-12H,6-10H2,1-5H3,(H,17,19). The summed E-state index contributed by atoms with van der Waals surface area (Å²) in [6, 6.07) is 0. The van der Waals surface area contributed by atoms with E-state index in [1.807, 2.05) is 27.7 Å². The molecule has 5 nitrogen and oxygen atoms in total. The zero-order valence-corrected chi connectivity index (χ0v) is 13.9. The number of nitrogens with zero attached hydrogens (tertiary/aromatic N) is 1. The molecule has 1 aliphatic heterocycles. The number of hydrogen-bond donors (Lipinski definition) is 1. The normalized spacial score (nSPS) is 30.2. The average Bonchev–Trinajstić information content (AvgIpc) is 3.32. The molecule has 2 fully saturated rings. The van der Waals surface area contributed by atoms with Gasteiger partial charge in [0.1, 0.15) is 11.1 Å². The van der Waals surface area contributed by atoms with Crippen molar-refractivity contribution in [3.8, 4) is 0 Å². The van der Waals surface area contributed by atoms with E-state index in [1.165, 1.54) is 0 Å². The molecule has 1 heterocycles. The molecule has 1 saturated heterocycles. The average molecular weight is 296 g/mol. The van der Waals surface area contributed by atoms with Gasteiger partial charge in [0, 0.05) is 13.7 Å². The Morgan fingerprint density at radius 3 is 2.33 bits per heavy atom. The zero-order valence-electron chi connectivity index (χ0n) is 13.9. The minimum Gasteiger partial charge on any atom is -0.380 e. The summed E-state index contributed by atoms with van der Waals surface area (Å²) >= 11 is 0. The Labute approximate surface area is 127 Å². The van der Waals surface area contributed by atoms with Crippen LogP contribution in [0.4, 0.5) is 0 Å². The summed E-state index contributed by atoms with van der Waals surface area (Å²) in [5, 5.41) is 3.04. The summed E-state index contributed by atoms with van der Waals surface area (Å²) in [6.07, 6.45) is 3.18. The van der Waals surface area contributed by atoms with Gasteiger partial charge in [-0.1, -0.05) is 13.8 Å². The summed E-state index contributed by atoms with van der Waals surface area (Å²) in [6.45, 7) is 8.23. The van der Waals surface area contributed by atoms with Gasteiger partial charge in [-0.3, -0.25) is 9.59 Å². The van der Waals surface area contributed by atoms with Gasteiger partial charge in [-0.15, -0.1) is 0 Å². The van der Waals surface area contributed by atoms with Crippen molar-refractivity contribution >= 4 is 11.8 Å². The fraction of sp³-hybridized carbons (Fsp3) is 0.875. The quantitative estimate of drug-likeness (QED) is 0.812. The Bertz CT molecular complexity index is 429. The first-order chi connectivity index (χ1) is 9.85. The lowest BCUT2D eigenvalue weighted by Crippen LogP contribution is -2.76. The smallest absolute Gasteiger partial charge is 0.249 e. The maximum absolute atomic E-state index is 13.1. The Morgan fingerprint density at radius 2 is 1.90 bits per heavy atom. The molecule has 2 rings (SSSR count). The molecule has 0 spiro atoms. The largest absolute Gasteiger partial charge is 0.380 e. The molecule has 0 aromatic rings. The van der Waals surface area contributed by atoms with Gasteiger partial charge in [-0.2, -0.15) is 0 Å². The number of rotatable bonds is 6. The second-order valence-electron chi connectivity index (χ2n) is 6.63. The summed E-state index contributed by atoms with van der Waals surface area (Å²) < 4.78 is 5.34. The fourth-order valence-corrected chi connectivity index (χ4v) is 3.37. The first-order valence-electron chi connectivity index (χ1n) is 8.03. The van der Waals surface area contributed by atoms with E-state index in [0.717, 1.165) is 12.8 Å². The summed E-state index contributed by atoms with van der Waals surface area (Å²) in [5.74, 6) is 0.319. The lowest BCUT2D eigenvalue weighted by molar-refractivity contribution is -0.166. The van der Waals surface area contributed by atoms with Crippen LogP contribution in [-0.4, -0.2) is 47.6 Å². The number of piperazine rings is 1. The molecule has 120 valence electrons. The van der Waals surface area contributed by atoms with E-state index in [0.29, 0.717) is 19.4 Å². The third kappa shape index (κ3) is 2.45. The van der Waals surface area contributed by atoms with Crippen molar-refractivity contribution in [3.05, 3.63) is 0 Å². The third-order valence-corrected chi connectivity index (χ3v) is 5.45. The van der Waals surface area contributed by atoms with E-state index in [-0.39, 0.29) is 23.8 Å². The van der Waals surface area contributed by atoms with Crippen molar-refractivity contribution in [2.24, 2.45) is 5.92 Å². The number of ether oxygens (including phenoxy) is 1. The molecule has 2 amide bonds. The van der Waals surface area contributed by atoms with Gasteiger partial charge in [-0.05, 0) is 45.4 Å². The zero-order chi connectivity index (χ0) is 15.8. The summed E-state index contributed by atoms with van der Waals surface area (Å²) in [5.41, 5.74) is -1.48. The number of hydrogen-bond acceptors (Lipinski definition) is 3. The minimum atomic E-state index is -0.751. The van der Waals surface area contributed by atoms with Crippen molar-refractivity contribution in [1.29, 1.82) is 0 Å². The molecule has 0 aromatic carbocycles. The lowest BCUT2D eigenvalue weighted by atomic mass is 9.80. The van der Waals surface area contributed by atoms with Gasteiger partial charge in [0.2, 0.25) is 11.8 Å². The first-order valence-corrected chi connectivity index (χ1v) is 8.03. The van der Waals surface area contributed by atoms with Crippen molar-refractivity contribution in [1.82, 2.24) is 10.2 Å². The number of carbonyl (C=O) groups excluding carboxylic acids is 2. The van der Waals surface area contributed by atoms with Crippen LogP contribution in [0.25, 0.3) is 0 Å². The van der Waals surface area contributed by atoms with E-state index in [9.17, 15) is 9.59 Å². The molecule has 2 atom stereocenters.